The molecule has 7 heteroatoms. The van der Waals surface area contributed by atoms with E-state index in [4.69, 9.17) is 33.2 Å². The van der Waals surface area contributed by atoms with Gasteiger partial charge in [-0.15, -0.1) is 0 Å². The summed E-state index contributed by atoms with van der Waals surface area (Å²) in [5.41, 5.74) is 0. The number of hydrogen-bond donors (Lipinski definition) is 0. The van der Waals surface area contributed by atoms with Crippen LogP contribution < -0.4 is 0 Å². The molecule has 0 amide bonds. The van der Waals surface area contributed by atoms with Crippen molar-refractivity contribution in [2.24, 2.45) is 0 Å². The van der Waals surface area contributed by atoms with Crippen molar-refractivity contribution in [3.63, 3.8) is 0 Å². The van der Waals surface area contributed by atoms with Crippen molar-refractivity contribution >= 4 is 0 Å². The molecule has 7 nitrogen and oxygen atoms in total. The van der Waals surface area contributed by atoms with Crippen LogP contribution in [0.4, 0.5) is 0 Å². The van der Waals surface area contributed by atoms with Crippen LogP contribution in [-0.2, 0) is 33.2 Å². The molecule has 0 N–H and O–H groups in total. The zero-order valence-electron chi connectivity index (χ0n) is 31.9. The first-order chi connectivity index (χ1) is 23.1. The van der Waals surface area contributed by atoms with Crippen LogP contribution in [0, 0.1) is 0 Å². The van der Waals surface area contributed by atoms with Gasteiger partial charge in [0.25, 0.3) is 0 Å². The standard InChI is InChI=1S/C40H78O7/c1-7-9-29-35-45-39(33-27-23-19-15-11-13-17-21-25-31-37(41-3)42-4)47-40(46-36-30-10-8-2)34-28-24-20-16-12-14-18-22-26-32-38(43-5)44-6/h27-28,33-34,37-40H,7-26,29-32,35-36H2,1-6H3. The Balaban J connectivity index is 4.54. The van der Waals surface area contributed by atoms with Gasteiger partial charge in [0.1, 0.15) is 0 Å². The molecule has 280 valence electrons. The maximum Gasteiger partial charge on any atom is 0.180 e. The molecule has 0 radical (unpaired) electrons. The highest BCUT2D eigenvalue weighted by molar-refractivity contribution is 4.89. The van der Waals surface area contributed by atoms with Gasteiger partial charge in [-0.2, -0.15) is 0 Å². The lowest BCUT2D eigenvalue weighted by Crippen LogP contribution is -2.25. The average molecular weight is 671 g/mol. The van der Waals surface area contributed by atoms with Gasteiger partial charge >= 0.3 is 0 Å². The van der Waals surface area contributed by atoms with E-state index in [1.54, 1.807) is 28.4 Å². The fraction of sp³-hybridized carbons (Fsp3) is 0.900. The van der Waals surface area contributed by atoms with Crippen molar-refractivity contribution in [1.82, 2.24) is 0 Å². The van der Waals surface area contributed by atoms with E-state index in [1.807, 2.05) is 0 Å². The summed E-state index contributed by atoms with van der Waals surface area (Å²) >= 11 is 0. The van der Waals surface area contributed by atoms with Crippen molar-refractivity contribution in [1.29, 1.82) is 0 Å². The number of rotatable bonds is 38. The van der Waals surface area contributed by atoms with Gasteiger partial charge in [0.05, 0.1) is 13.2 Å². The van der Waals surface area contributed by atoms with E-state index in [0.717, 1.165) is 38.5 Å². The quantitative estimate of drug-likeness (QED) is 0.0368. The van der Waals surface area contributed by atoms with Gasteiger partial charge in [0, 0.05) is 28.4 Å². The third-order valence-corrected chi connectivity index (χ3v) is 8.59. The molecule has 2 unspecified atom stereocenters. The summed E-state index contributed by atoms with van der Waals surface area (Å²) in [6.45, 7) is 5.87. The first-order valence-electron chi connectivity index (χ1n) is 19.5. The van der Waals surface area contributed by atoms with Gasteiger partial charge in [-0.05, 0) is 76.4 Å². The summed E-state index contributed by atoms with van der Waals surface area (Å²) in [5.74, 6) is 0. The number of ether oxygens (including phenoxy) is 7. The minimum atomic E-state index is -0.376. The van der Waals surface area contributed by atoms with Gasteiger partial charge in [0.2, 0.25) is 0 Å². The summed E-state index contributed by atoms with van der Waals surface area (Å²) in [7, 11) is 6.85. The molecule has 0 rings (SSSR count). The number of hydrogen-bond acceptors (Lipinski definition) is 7. The summed E-state index contributed by atoms with van der Waals surface area (Å²) in [6.07, 6.45) is 36.3. The Morgan fingerprint density at radius 3 is 1.09 bits per heavy atom. The van der Waals surface area contributed by atoms with Crippen molar-refractivity contribution in [2.45, 2.75) is 193 Å². The smallest absolute Gasteiger partial charge is 0.180 e. The molecule has 0 aromatic carbocycles. The highest BCUT2D eigenvalue weighted by Gasteiger charge is 2.13. The van der Waals surface area contributed by atoms with Crippen LogP contribution in [0.3, 0.4) is 0 Å². The molecule has 0 heterocycles. The van der Waals surface area contributed by atoms with Crippen LogP contribution in [0.2, 0.25) is 0 Å². The molecule has 2 atom stereocenters. The lowest BCUT2D eigenvalue weighted by molar-refractivity contribution is -0.208. The first kappa shape index (κ1) is 46.2. The van der Waals surface area contributed by atoms with E-state index < -0.39 is 0 Å². The van der Waals surface area contributed by atoms with Gasteiger partial charge < -0.3 is 33.2 Å². The number of methoxy groups -OCH3 is 4. The molecular weight excluding hydrogens is 592 g/mol. The van der Waals surface area contributed by atoms with E-state index in [0.29, 0.717) is 13.2 Å². The molecule has 0 aromatic rings. The molecule has 0 aliphatic carbocycles. The monoisotopic (exact) mass is 671 g/mol. The summed E-state index contributed by atoms with van der Waals surface area (Å²) < 4.78 is 39.8. The first-order valence-corrected chi connectivity index (χ1v) is 19.5. The predicted molar refractivity (Wildman–Crippen MR) is 197 cm³/mol. The van der Waals surface area contributed by atoms with Crippen molar-refractivity contribution in [3.05, 3.63) is 24.3 Å². The minimum absolute atomic E-state index is 0.0536. The number of allylic oxidation sites excluding steroid dienone is 2. The van der Waals surface area contributed by atoms with Crippen LogP contribution in [0.25, 0.3) is 0 Å². The topological polar surface area (TPSA) is 64.6 Å². The Hall–Kier alpha value is -0.800. The molecule has 0 fully saturated rings. The van der Waals surface area contributed by atoms with E-state index in [2.05, 4.69) is 38.2 Å². The maximum absolute atomic E-state index is 6.39. The SMILES string of the molecule is CCCCCOC(C=CCCCCCCCCCC(OC)OC)OC(C=CCCCCCCCCCC(OC)OC)OCCCCC. The highest BCUT2D eigenvalue weighted by atomic mass is 16.8. The normalized spacial score (nSPS) is 13.6. The summed E-state index contributed by atoms with van der Waals surface area (Å²) in [5, 5.41) is 0. The fourth-order valence-corrected chi connectivity index (χ4v) is 5.51. The second-order valence-corrected chi connectivity index (χ2v) is 12.8. The second kappa shape index (κ2) is 38.0. The molecule has 47 heavy (non-hydrogen) atoms. The Labute approximate surface area is 291 Å². The molecule has 0 bridgehead atoms. The zero-order chi connectivity index (χ0) is 34.5. The van der Waals surface area contributed by atoms with Crippen molar-refractivity contribution in [2.75, 3.05) is 41.7 Å². The van der Waals surface area contributed by atoms with Gasteiger partial charge in [-0.25, -0.2) is 0 Å². The van der Waals surface area contributed by atoms with E-state index in [-0.39, 0.29) is 25.2 Å². The van der Waals surface area contributed by atoms with Gasteiger partial charge in [0.15, 0.2) is 25.2 Å². The van der Waals surface area contributed by atoms with E-state index >= 15 is 0 Å². The Morgan fingerprint density at radius 1 is 0.404 bits per heavy atom. The lowest BCUT2D eigenvalue weighted by Gasteiger charge is -2.21. The molecule has 0 aliphatic rings. The van der Waals surface area contributed by atoms with Crippen LogP contribution in [0.15, 0.2) is 24.3 Å². The molecule has 0 saturated heterocycles. The average Bonchev–Trinajstić information content (AvgIpc) is 3.09. The van der Waals surface area contributed by atoms with Gasteiger partial charge in [-0.3, -0.25) is 0 Å². The van der Waals surface area contributed by atoms with Crippen LogP contribution >= 0.6 is 0 Å². The van der Waals surface area contributed by atoms with E-state index in [9.17, 15) is 0 Å². The maximum atomic E-state index is 6.39. The van der Waals surface area contributed by atoms with Crippen molar-refractivity contribution < 1.29 is 33.2 Å². The van der Waals surface area contributed by atoms with Crippen LogP contribution in [0.1, 0.15) is 168 Å². The number of unbranched alkanes of at least 4 members (excludes halogenated alkanes) is 18. The molecule has 0 saturated carbocycles. The Kier molecular flexibility index (Phi) is 37.4. The van der Waals surface area contributed by atoms with Crippen molar-refractivity contribution in [3.8, 4) is 0 Å². The van der Waals surface area contributed by atoms with Crippen LogP contribution in [-0.4, -0.2) is 66.8 Å². The fourth-order valence-electron chi connectivity index (χ4n) is 5.51. The third-order valence-electron chi connectivity index (χ3n) is 8.59. The van der Waals surface area contributed by atoms with E-state index in [1.165, 1.54) is 116 Å². The van der Waals surface area contributed by atoms with Crippen LogP contribution in [0.5, 0.6) is 0 Å². The molecular formula is C40H78O7. The largest absolute Gasteiger partial charge is 0.356 e. The summed E-state index contributed by atoms with van der Waals surface area (Å²) in [4.78, 5) is 0. The Bertz CT molecular complexity index is 594. The lowest BCUT2D eigenvalue weighted by atomic mass is 10.1. The third kappa shape index (κ3) is 32.2. The predicted octanol–water partition coefficient (Wildman–Crippen LogP) is 11.4. The highest BCUT2D eigenvalue weighted by Crippen LogP contribution is 2.15. The zero-order valence-corrected chi connectivity index (χ0v) is 31.9. The van der Waals surface area contributed by atoms with Gasteiger partial charge in [-0.1, -0.05) is 116 Å². The molecule has 0 aliphatic heterocycles. The Morgan fingerprint density at radius 2 is 0.745 bits per heavy atom. The molecule has 0 aromatic heterocycles. The molecule has 0 spiro atoms. The minimum Gasteiger partial charge on any atom is -0.356 e. The second-order valence-electron chi connectivity index (χ2n) is 12.8. The summed E-state index contributed by atoms with van der Waals surface area (Å²) in [6, 6.07) is 0.